The van der Waals surface area contributed by atoms with E-state index in [0.29, 0.717) is 0 Å². The van der Waals surface area contributed by atoms with Crippen LogP contribution in [0.15, 0.2) is 70.3 Å². The molecule has 0 radical (unpaired) electrons. The summed E-state index contributed by atoms with van der Waals surface area (Å²) in [6.07, 6.45) is 12.1. The van der Waals surface area contributed by atoms with Gasteiger partial charge in [0.05, 0.1) is 16.8 Å². The molecule has 2 aliphatic heterocycles. The molecule has 0 fully saturated rings. The van der Waals surface area contributed by atoms with Crippen molar-refractivity contribution in [2.75, 3.05) is 0 Å². The third-order valence-electron chi connectivity index (χ3n) is 3.74. The van der Waals surface area contributed by atoms with Gasteiger partial charge in [-0.05, 0) is 43.2 Å². The number of benzene rings is 1. The normalized spacial score (nSPS) is 24.5. The third-order valence-corrected chi connectivity index (χ3v) is 3.74. The van der Waals surface area contributed by atoms with Gasteiger partial charge in [-0.15, -0.1) is 0 Å². The van der Waals surface area contributed by atoms with Crippen LogP contribution in [0.1, 0.15) is 19.4 Å². The van der Waals surface area contributed by atoms with Crippen molar-refractivity contribution in [1.82, 2.24) is 0 Å². The van der Waals surface area contributed by atoms with Gasteiger partial charge in [0.25, 0.3) is 0 Å². The summed E-state index contributed by atoms with van der Waals surface area (Å²) in [5.41, 5.74) is 4.30. The maximum atomic E-state index is 4.83. The van der Waals surface area contributed by atoms with Crippen LogP contribution in [0.5, 0.6) is 0 Å². The standard InChI is InChI=1S/C17H16N2/c1-3-13(2)16-17(9-6-11-18-12-10-17)14-7-4-5-8-15(14)19-16/h3-12H,1-2H3. The van der Waals surface area contributed by atoms with E-state index in [1.807, 2.05) is 24.6 Å². The largest absolute Gasteiger partial charge is 0.265 e. The zero-order valence-corrected chi connectivity index (χ0v) is 11.2. The first-order valence-corrected chi connectivity index (χ1v) is 6.48. The summed E-state index contributed by atoms with van der Waals surface area (Å²) >= 11 is 0. The Hall–Kier alpha value is -2.22. The van der Waals surface area contributed by atoms with E-state index in [1.54, 1.807) is 0 Å². The minimum atomic E-state index is -0.274. The van der Waals surface area contributed by atoms with Crippen LogP contribution in [0.3, 0.4) is 0 Å². The minimum absolute atomic E-state index is 0.274. The molecule has 0 bridgehead atoms. The number of hydrogen-bond donors (Lipinski definition) is 0. The van der Waals surface area contributed by atoms with Crippen LogP contribution in [0.4, 0.5) is 5.69 Å². The molecule has 2 nitrogen and oxygen atoms in total. The van der Waals surface area contributed by atoms with E-state index in [0.717, 1.165) is 11.4 Å². The molecule has 0 N–H and O–H groups in total. The predicted molar refractivity (Wildman–Crippen MR) is 81.4 cm³/mol. The summed E-state index contributed by atoms with van der Waals surface area (Å²) in [6, 6.07) is 8.32. The molecule has 2 heterocycles. The summed E-state index contributed by atoms with van der Waals surface area (Å²) in [5.74, 6) is 0. The molecule has 3 rings (SSSR count). The average molecular weight is 248 g/mol. The molecule has 0 amide bonds. The first kappa shape index (κ1) is 11.8. The Labute approximate surface area is 113 Å². The quantitative estimate of drug-likeness (QED) is 0.714. The van der Waals surface area contributed by atoms with E-state index in [1.165, 1.54) is 11.1 Å². The van der Waals surface area contributed by atoms with Gasteiger partial charge in [-0.2, -0.15) is 0 Å². The molecular weight excluding hydrogens is 232 g/mol. The number of hydrogen-bond acceptors (Lipinski definition) is 2. The third kappa shape index (κ3) is 1.72. The van der Waals surface area contributed by atoms with Crippen LogP contribution in [0.2, 0.25) is 0 Å². The highest BCUT2D eigenvalue weighted by molar-refractivity contribution is 6.15. The van der Waals surface area contributed by atoms with Crippen LogP contribution in [-0.4, -0.2) is 11.9 Å². The van der Waals surface area contributed by atoms with Gasteiger partial charge in [0.1, 0.15) is 0 Å². The lowest BCUT2D eigenvalue weighted by Gasteiger charge is -2.25. The number of aliphatic imine (C=N–C) groups is 2. The Bertz CT molecular complexity index is 642. The second-order valence-electron chi connectivity index (χ2n) is 4.79. The molecule has 0 saturated carbocycles. The van der Waals surface area contributed by atoms with E-state index in [4.69, 9.17) is 4.99 Å². The second-order valence-corrected chi connectivity index (χ2v) is 4.79. The molecule has 2 heteroatoms. The van der Waals surface area contributed by atoms with Gasteiger partial charge in [0.2, 0.25) is 0 Å². The van der Waals surface area contributed by atoms with Crippen LogP contribution < -0.4 is 0 Å². The van der Waals surface area contributed by atoms with Crippen molar-refractivity contribution in [2.45, 2.75) is 19.3 Å². The molecule has 1 aromatic rings. The number of nitrogens with zero attached hydrogens (tertiary/aromatic N) is 2. The van der Waals surface area contributed by atoms with Crippen LogP contribution in [0, 0.1) is 0 Å². The molecule has 0 aromatic heterocycles. The molecular formula is C17H16N2. The van der Waals surface area contributed by atoms with Crippen molar-refractivity contribution in [3.05, 3.63) is 65.9 Å². The molecule has 1 aromatic carbocycles. The summed E-state index contributed by atoms with van der Waals surface area (Å²) in [6.45, 7) is 4.16. The maximum Gasteiger partial charge on any atom is 0.0780 e. The number of para-hydroxylation sites is 1. The fraction of sp³-hybridized carbons (Fsp3) is 0.176. The molecule has 94 valence electrons. The number of fused-ring (bicyclic) bond motifs is 2. The van der Waals surface area contributed by atoms with Gasteiger partial charge < -0.3 is 0 Å². The zero-order valence-electron chi connectivity index (χ0n) is 11.2. The van der Waals surface area contributed by atoms with Gasteiger partial charge in [0, 0.05) is 12.4 Å². The van der Waals surface area contributed by atoms with Crippen molar-refractivity contribution in [2.24, 2.45) is 9.98 Å². The van der Waals surface area contributed by atoms with Gasteiger partial charge in [0.15, 0.2) is 0 Å². The topological polar surface area (TPSA) is 24.7 Å². The average Bonchev–Trinajstić information content (AvgIpc) is 2.61. The number of allylic oxidation sites excluding steroid dienone is 5. The fourth-order valence-corrected chi connectivity index (χ4v) is 2.66. The molecule has 2 aliphatic rings. The predicted octanol–water partition coefficient (Wildman–Crippen LogP) is 4.13. The highest BCUT2D eigenvalue weighted by Gasteiger charge is 2.39. The van der Waals surface area contributed by atoms with Crippen LogP contribution >= 0.6 is 0 Å². The lowest BCUT2D eigenvalue weighted by Crippen LogP contribution is -2.29. The van der Waals surface area contributed by atoms with Crippen molar-refractivity contribution >= 4 is 17.6 Å². The van der Waals surface area contributed by atoms with Gasteiger partial charge in [-0.25, -0.2) is 0 Å². The molecule has 0 aliphatic carbocycles. The lowest BCUT2D eigenvalue weighted by molar-refractivity contribution is 0.937. The highest BCUT2D eigenvalue weighted by Crippen LogP contribution is 2.44. The fourth-order valence-electron chi connectivity index (χ4n) is 2.66. The molecule has 19 heavy (non-hydrogen) atoms. The first-order chi connectivity index (χ1) is 9.28. The molecule has 1 spiro atoms. The van der Waals surface area contributed by atoms with Crippen molar-refractivity contribution in [3.8, 4) is 0 Å². The Morgan fingerprint density at radius 2 is 2.05 bits per heavy atom. The van der Waals surface area contributed by atoms with E-state index < -0.39 is 0 Å². The Morgan fingerprint density at radius 3 is 2.89 bits per heavy atom. The minimum Gasteiger partial charge on any atom is -0.265 e. The molecule has 1 unspecified atom stereocenters. The van der Waals surface area contributed by atoms with Crippen molar-refractivity contribution < 1.29 is 0 Å². The zero-order chi connectivity index (χ0) is 13.3. The summed E-state index contributed by atoms with van der Waals surface area (Å²) in [7, 11) is 0. The Morgan fingerprint density at radius 1 is 1.21 bits per heavy atom. The highest BCUT2D eigenvalue weighted by atomic mass is 14.8. The molecule has 0 saturated heterocycles. The Balaban J connectivity index is 2.27. The van der Waals surface area contributed by atoms with E-state index in [-0.39, 0.29) is 5.41 Å². The van der Waals surface area contributed by atoms with Crippen molar-refractivity contribution in [3.63, 3.8) is 0 Å². The monoisotopic (exact) mass is 248 g/mol. The van der Waals surface area contributed by atoms with E-state index >= 15 is 0 Å². The number of rotatable bonds is 1. The summed E-state index contributed by atoms with van der Waals surface area (Å²) < 4.78 is 0. The van der Waals surface area contributed by atoms with Gasteiger partial charge in [-0.1, -0.05) is 30.4 Å². The van der Waals surface area contributed by atoms with Crippen LogP contribution in [-0.2, 0) is 5.41 Å². The lowest BCUT2D eigenvalue weighted by atomic mass is 9.75. The van der Waals surface area contributed by atoms with Gasteiger partial charge >= 0.3 is 0 Å². The van der Waals surface area contributed by atoms with Crippen LogP contribution in [0.25, 0.3) is 0 Å². The Kier molecular flexibility index (Phi) is 2.79. The molecule has 1 atom stereocenters. The maximum absolute atomic E-state index is 4.83. The van der Waals surface area contributed by atoms with E-state index in [9.17, 15) is 0 Å². The van der Waals surface area contributed by atoms with E-state index in [2.05, 4.69) is 55.3 Å². The summed E-state index contributed by atoms with van der Waals surface area (Å²) in [5, 5.41) is 0. The summed E-state index contributed by atoms with van der Waals surface area (Å²) in [4.78, 5) is 9.05. The first-order valence-electron chi connectivity index (χ1n) is 6.48. The SMILES string of the molecule is CC=C(C)C1=Nc2ccccc2C12C=CC=NC=C2. The van der Waals surface area contributed by atoms with Crippen molar-refractivity contribution in [1.29, 1.82) is 0 Å². The smallest absolute Gasteiger partial charge is 0.0780 e. The van der Waals surface area contributed by atoms with Gasteiger partial charge in [-0.3, -0.25) is 9.98 Å². The second kappa shape index (κ2) is 4.47.